The molecule has 8 atom stereocenters. The number of likely N-dealkylation sites (N-methyl/N-ethyl adjacent to an activating group) is 1. The molecule has 0 saturated heterocycles. The number of rotatable bonds is 1. The van der Waals surface area contributed by atoms with E-state index in [0.717, 1.165) is 36.0 Å². The van der Waals surface area contributed by atoms with Gasteiger partial charge >= 0.3 is 11.9 Å². The minimum absolute atomic E-state index is 0.0200. The Morgan fingerprint density at radius 2 is 1.64 bits per heavy atom. The van der Waals surface area contributed by atoms with Crippen molar-refractivity contribution in [2.75, 3.05) is 14.1 Å². The fraction of sp³-hybridized carbons (Fsp3) is 0.875. The molecule has 3 unspecified atom stereocenters. The molecule has 1 aliphatic heterocycles. The molecule has 198 valence electrons. The molecule has 4 nitrogen and oxygen atoms in total. The Hall–Kier alpha value is -1.16. The van der Waals surface area contributed by atoms with Crippen molar-refractivity contribution < 1.29 is 14.1 Å². The number of nitrogens with zero attached hydrogens (tertiary/aromatic N) is 2. The minimum atomic E-state index is -0.0701. The van der Waals surface area contributed by atoms with Crippen molar-refractivity contribution in [1.29, 1.82) is 0 Å². The Bertz CT molecular complexity index is 976. The van der Waals surface area contributed by atoms with Gasteiger partial charge in [0.1, 0.15) is 6.04 Å². The predicted octanol–water partition coefficient (Wildman–Crippen LogP) is 6.65. The maximum atomic E-state index is 14.5. The molecule has 0 aromatic rings. The molecule has 8 aliphatic rings. The first kappa shape index (κ1) is 23.9. The summed E-state index contributed by atoms with van der Waals surface area (Å²) in [6.45, 7) is 7.44. The quantitative estimate of drug-likeness (QED) is 0.383. The van der Waals surface area contributed by atoms with Crippen LogP contribution in [0.3, 0.4) is 0 Å². The fourth-order valence-corrected chi connectivity index (χ4v) is 12.6. The van der Waals surface area contributed by atoms with Gasteiger partial charge in [-0.05, 0) is 117 Å². The lowest BCUT2D eigenvalue weighted by atomic mass is 9.48. The van der Waals surface area contributed by atoms with Crippen molar-refractivity contribution in [3.8, 4) is 0 Å². The maximum absolute atomic E-state index is 14.5. The standard InChI is InChI=1S/C32H49N2O2/c1-19-12-26-24-6-7-27-32(3,25(24)8-10-31(26,2)18-19)11-9-28(35)34(27,5)30(36)33(4)29-22-14-20-13-21(16-22)17-23(29)15-20/h9,11,19-27,29H,6-8,10,12-18H2,1-5H3/q+1/t19?,20?,21?,22?,23?,24-,25+,26+,27?,29?,31-,32-,34?/m1/s1. The van der Waals surface area contributed by atoms with E-state index < -0.39 is 0 Å². The number of fused-ring (bicyclic) bond motifs is 5. The van der Waals surface area contributed by atoms with Crippen LogP contribution in [0, 0.1) is 58.2 Å². The average molecular weight is 494 g/mol. The predicted molar refractivity (Wildman–Crippen MR) is 142 cm³/mol. The topological polar surface area (TPSA) is 37.4 Å². The molecule has 4 bridgehead atoms. The molecular weight excluding hydrogens is 444 g/mol. The normalized spacial score (nSPS) is 56.8. The Morgan fingerprint density at radius 3 is 2.31 bits per heavy atom. The summed E-state index contributed by atoms with van der Waals surface area (Å²) in [5.74, 6) is 6.12. The number of hydrogen-bond donors (Lipinski definition) is 0. The zero-order valence-electron chi connectivity index (χ0n) is 23.4. The number of amides is 3. The van der Waals surface area contributed by atoms with Crippen molar-refractivity contribution in [2.24, 2.45) is 58.2 Å². The van der Waals surface area contributed by atoms with Gasteiger partial charge in [0.2, 0.25) is 0 Å². The second kappa shape index (κ2) is 7.70. The van der Waals surface area contributed by atoms with Crippen LogP contribution in [-0.2, 0) is 4.79 Å². The molecule has 36 heavy (non-hydrogen) atoms. The van der Waals surface area contributed by atoms with Crippen LogP contribution in [0.2, 0.25) is 0 Å². The summed E-state index contributed by atoms with van der Waals surface area (Å²) in [6, 6.07) is 0.509. The van der Waals surface area contributed by atoms with Crippen molar-refractivity contribution in [3.63, 3.8) is 0 Å². The molecule has 8 rings (SSSR count). The third kappa shape index (κ3) is 3.03. The fourth-order valence-electron chi connectivity index (χ4n) is 12.6. The molecule has 7 aliphatic carbocycles. The van der Waals surface area contributed by atoms with Gasteiger partial charge in [0, 0.05) is 31.0 Å². The highest BCUT2D eigenvalue weighted by Crippen LogP contribution is 2.65. The van der Waals surface area contributed by atoms with Gasteiger partial charge < -0.3 is 0 Å². The monoisotopic (exact) mass is 493 g/mol. The summed E-state index contributed by atoms with van der Waals surface area (Å²) >= 11 is 0. The van der Waals surface area contributed by atoms with E-state index in [2.05, 4.69) is 38.8 Å². The molecule has 0 spiro atoms. The highest BCUT2D eigenvalue weighted by atomic mass is 16.2. The van der Waals surface area contributed by atoms with Crippen molar-refractivity contribution in [3.05, 3.63) is 12.2 Å². The van der Waals surface area contributed by atoms with Crippen LogP contribution < -0.4 is 0 Å². The first-order chi connectivity index (χ1) is 17.0. The van der Waals surface area contributed by atoms with Crippen LogP contribution in [0.25, 0.3) is 0 Å². The van der Waals surface area contributed by atoms with Gasteiger partial charge in [-0.1, -0.05) is 26.8 Å². The summed E-state index contributed by atoms with van der Waals surface area (Å²) in [5.41, 5.74) is 0.435. The van der Waals surface area contributed by atoms with Gasteiger partial charge in [-0.15, -0.1) is 0 Å². The second-order valence-electron chi connectivity index (χ2n) is 15.6. The molecule has 0 aromatic carbocycles. The number of carbonyl (C=O) groups excluding carboxylic acids is 2. The van der Waals surface area contributed by atoms with E-state index >= 15 is 0 Å². The lowest BCUT2D eigenvalue weighted by Gasteiger charge is -2.61. The molecule has 0 N–H and O–H groups in total. The highest BCUT2D eigenvalue weighted by molar-refractivity contribution is 5.92. The van der Waals surface area contributed by atoms with Crippen LogP contribution in [0.5, 0.6) is 0 Å². The molecule has 0 radical (unpaired) electrons. The molecule has 7 fully saturated rings. The summed E-state index contributed by atoms with van der Waals surface area (Å²) in [5, 5.41) is 0. The van der Waals surface area contributed by atoms with E-state index in [-0.39, 0.29) is 27.9 Å². The van der Waals surface area contributed by atoms with Gasteiger partial charge in [0.25, 0.3) is 0 Å². The zero-order valence-corrected chi connectivity index (χ0v) is 23.4. The average Bonchev–Trinajstić information content (AvgIpc) is 3.14. The Labute approximate surface area is 218 Å². The van der Waals surface area contributed by atoms with Gasteiger partial charge in [0.15, 0.2) is 0 Å². The van der Waals surface area contributed by atoms with Gasteiger partial charge in [-0.25, -0.2) is 9.59 Å². The second-order valence-corrected chi connectivity index (χ2v) is 15.6. The number of imide groups is 1. The van der Waals surface area contributed by atoms with Gasteiger partial charge in [-0.2, -0.15) is 4.48 Å². The maximum Gasteiger partial charge on any atom is 0.426 e. The summed E-state index contributed by atoms with van der Waals surface area (Å²) in [4.78, 5) is 30.4. The number of hydrogen-bond acceptors (Lipinski definition) is 2. The lowest BCUT2D eigenvalue weighted by molar-refractivity contribution is -0.796. The van der Waals surface area contributed by atoms with E-state index in [0.29, 0.717) is 29.2 Å². The van der Waals surface area contributed by atoms with E-state index in [4.69, 9.17) is 0 Å². The lowest BCUT2D eigenvalue weighted by Crippen LogP contribution is -2.73. The van der Waals surface area contributed by atoms with Crippen LogP contribution in [0.4, 0.5) is 4.79 Å². The van der Waals surface area contributed by atoms with Crippen molar-refractivity contribution in [1.82, 2.24) is 4.90 Å². The summed E-state index contributed by atoms with van der Waals surface area (Å²) in [7, 11) is 4.05. The van der Waals surface area contributed by atoms with Crippen LogP contribution in [0.1, 0.15) is 91.4 Å². The van der Waals surface area contributed by atoms with Crippen LogP contribution >= 0.6 is 0 Å². The first-order valence-corrected chi connectivity index (χ1v) is 15.4. The first-order valence-electron chi connectivity index (χ1n) is 15.4. The SMILES string of the molecule is CC1C[C@H]2[C@@H]3CCC4[C@](C)(C=CC(=O)[N+]4(C)C(=O)N(C)C4C5CC6CC(C5)CC4C6)[C@H]3CC[C@]2(C)C1. The Kier molecular flexibility index (Phi) is 5.12. The van der Waals surface area contributed by atoms with E-state index in [9.17, 15) is 9.59 Å². The zero-order chi connectivity index (χ0) is 25.2. The number of quaternary nitrogens is 1. The molecule has 0 aromatic heterocycles. The van der Waals surface area contributed by atoms with Crippen LogP contribution in [-0.4, -0.2) is 47.5 Å². The van der Waals surface area contributed by atoms with Crippen molar-refractivity contribution in [2.45, 2.75) is 103 Å². The summed E-state index contributed by atoms with van der Waals surface area (Å²) in [6.07, 6.45) is 18.3. The van der Waals surface area contributed by atoms with E-state index in [1.807, 2.05) is 13.1 Å². The Morgan fingerprint density at radius 1 is 0.972 bits per heavy atom. The number of urea groups is 1. The largest absolute Gasteiger partial charge is 0.426 e. The molecule has 1 heterocycles. The molecule has 7 saturated carbocycles. The molecule has 3 amide bonds. The van der Waals surface area contributed by atoms with E-state index in [1.54, 1.807) is 0 Å². The third-order valence-electron chi connectivity index (χ3n) is 13.7. The highest BCUT2D eigenvalue weighted by Gasteiger charge is 2.66. The minimum Gasteiger partial charge on any atom is -0.291 e. The smallest absolute Gasteiger partial charge is 0.291 e. The van der Waals surface area contributed by atoms with Gasteiger partial charge in [0.05, 0.1) is 7.05 Å². The van der Waals surface area contributed by atoms with Gasteiger partial charge in [-0.3, -0.25) is 4.90 Å². The van der Waals surface area contributed by atoms with E-state index in [1.165, 1.54) is 64.2 Å². The summed E-state index contributed by atoms with van der Waals surface area (Å²) < 4.78 is -0.0200. The molecule has 4 heteroatoms. The third-order valence-corrected chi connectivity index (χ3v) is 13.7. The number of carbonyl (C=O) groups is 2. The van der Waals surface area contributed by atoms with Crippen molar-refractivity contribution >= 4 is 11.9 Å². The Balaban J connectivity index is 1.19. The molecular formula is C32H49N2O2+. The van der Waals surface area contributed by atoms with Crippen LogP contribution in [0.15, 0.2) is 12.2 Å².